The van der Waals surface area contributed by atoms with E-state index in [1.807, 2.05) is 0 Å². The molecule has 1 aromatic heterocycles. The molecule has 0 bridgehead atoms. The molecular weight excluding hydrogens is 286 g/mol. The summed E-state index contributed by atoms with van der Waals surface area (Å²) in [4.78, 5) is 4.03. The summed E-state index contributed by atoms with van der Waals surface area (Å²) in [6.45, 7) is 5.00. The number of rotatable bonds is 3. The van der Waals surface area contributed by atoms with Crippen LogP contribution in [0.3, 0.4) is 0 Å². The van der Waals surface area contributed by atoms with E-state index in [0.29, 0.717) is 35.5 Å². The van der Waals surface area contributed by atoms with Crippen molar-refractivity contribution in [2.45, 2.75) is 26.7 Å². The van der Waals surface area contributed by atoms with Crippen molar-refractivity contribution < 1.29 is 8.42 Å². The fraction of sp³-hybridized carbons (Fsp3) is 0.583. The van der Waals surface area contributed by atoms with Gasteiger partial charge in [0, 0.05) is 13.1 Å². The smallest absolute Gasteiger partial charge is 0.269 e. The highest BCUT2D eigenvalue weighted by molar-refractivity contribution is 7.90. The Morgan fingerprint density at radius 3 is 2.58 bits per heavy atom. The van der Waals surface area contributed by atoms with E-state index in [1.54, 1.807) is 19.1 Å². The second-order valence-electron chi connectivity index (χ2n) is 4.96. The number of nitrogens with one attached hydrogen (secondary N) is 1. The zero-order valence-corrected chi connectivity index (χ0v) is 12.6. The summed E-state index contributed by atoms with van der Waals surface area (Å²) in [6.07, 6.45) is 1.80. The number of nitrogens with zero attached hydrogens (tertiary/aromatic N) is 2. The van der Waals surface area contributed by atoms with Crippen LogP contribution in [0, 0.1) is 12.8 Å². The first-order chi connectivity index (χ1) is 8.88. The molecule has 0 aliphatic carbocycles. The SMILES string of the molecule is Cc1nc(Cl)ccc1NS(=O)(=O)N1CCC(C)CC1. The number of aromatic nitrogens is 1. The molecule has 1 fully saturated rings. The van der Waals surface area contributed by atoms with Gasteiger partial charge in [0.25, 0.3) is 0 Å². The highest BCUT2D eigenvalue weighted by Crippen LogP contribution is 2.22. The van der Waals surface area contributed by atoms with E-state index >= 15 is 0 Å². The van der Waals surface area contributed by atoms with Gasteiger partial charge in [0.1, 0.15) is 5.15 Å². The summed E-state index contributed by atoms with van der Waals surface area (Å²) in [5.74, 6) is 0.588. The first-order valence-electron chi connectivity index (χ1n) is 6.29. The van der Waals surface area contributed by atoms with Gasteiger partial charge in [0.2, 0.25) is 0 Å². The number of halogens is 1. The number of piperidine rings is 1. The summed E-state index contributed by atoms with van der Waals surface area (Å²) in [6, 6.07) is 3.21. The van der Waals surface area contributed by atoms with Crippen LogP contribution in [0.2, 0.25) is 5.15 Å². The van der Waals surface area contributed by atoms with Gasteiger partial charge in [-0.15, -0.1) is 0 Å². The van der Waals surface area contributed by atoms with Gasteiger partial charge in [0.15, 0.2) is 0 Å². The van der Waals surface area contributed by atoms with Crippen LogP contribution >= 0.6 is 11.6 Å². The predicted octanol–water partition coefficient (Wildman–Crippen LogP) is 2.43. The second-order valence-corrected chi connectivity index (χ2v) is 7.01. The van der Waals surface area contributed by atoms with E-state index < -0.39 is 10.2 Å². The number of aryl methyl sites for hydroxylation is 1. The highest BCUT2D eigenvalue weighted by Gasteiger charge is 2.26. The van der Waals surface area contributed by atoms with Gasteiger partial charge in [-0.25, -0.2) is 4.98 Å². The zero-order valence-electron chi connectivity index (χ0n) is 11.1. The first kappa shape index (κ1) is 14.6. The third-order valence-corrected chi connectivity index (χ3v) is 5.11. The monoisotopic (exact) mass is 303 g/mol. The van der Waals surface area contributed by atoms with Crippen LogP contribution in [0.4, 0.5) is 5.69 Å². The van der Waals surface area contributed by atoms with Crippen LogP contribution in [-0.2, 0) is 10.2 Å². The zero-order chi connectivity index (χ0) is 14.0. The van der Waals surface area contributed by atoms with Crippen molar-refractivity contribution in [1.82, 2.24) is 9.29 Å². The molecule has 1 aliphatic heterocycles. The maximum atomic E-state index is 12.3. The lowest BCUT2D eigenvalue weighted by atomic mass is 10.0. The van der Waals surface area contributed by atoms with Crippen LogP contribution in [0.25, 0.3) is 0 Å². The maximum Gasteiger partial charge on any atom is 0.301 e. The summed E-state index contributed by atoms with van der Waals surface area (Å²) >= 11 is 5.75. The van der Waals surface area contributed by atoms with Crippen molar-refractivity contribution >= 4 is 27.5 Å². The lowest BCUT2D eigenvalue weighted by Crippen LogP contribution is -2.41. The van der Waals surface area contributed by atoms with Gasteiger partial charge in [0.05, 0.1) is 11.4 Å². The average Bonchev–Trinajstić information content (AvgIpc) is 2.33. The largest absolute Gasteiger partial charge is 0.301 e. The molecule has 19 heavy (non-hydrogen) atoms. The van der Waals surface area contributed by atoms with Crippen molar-refractivity contribution in [2.75, 3.05) is 17.8 Å². The Morgan fingerprint density at radius 1 is 1.37 bits per heavy atom. The normalized spacial score (nSPS) is 18.5. The number of pyridine rings is 1. The first-order valence-corrected chi connectivity index (χ1v) is 8.11. The molecule has 0 unspecified atom stereocenters. The minimum Gasteiger partial charge on any atom is -0.269 e. The van der Waals surface area contributed by atoms with Crippen molar-refractivity contribution in [3.05, 3.63) is 23.0 Å². The molecule has 106 valence electrons. The molecule has 0 radical (unpaired) electrons. The van der Waals surface area contributed by atoms with Gasteiger partial charge in [-0.2, -0.15) is 12.7 Å². The summed E-state index contributed by atoms with van der Waals surface area (Å²) in [7, 11) is -3.49. The van der Waals surface area contributed by atoms with Gasteiger partial charge < -0.3 is 0 Å². The van der Waals surface area contributed by atoms with Gasteiger partial charge in [-0.05, 0) is 37.8 Å². The average molecular weight is 304 g/mol. The number of hydrogen-bond donors (Lipinski definition) is 1. The highest BCUT2D eigenvalue weighted by atomic mass is 35.5. The Balaban J connectivity index is 2.12. The Labute approximate surface area is 119 Å². The molecule has 1 N–H and O–H groups in total. The summed E-state index contributed by atoms with van der Waals surface area (Å²) < 4.78 is 28.6. The van der Waals surface area contributed by atoms with E-state index in [4.69, 9.17) is 11.6 Å². The lowest BCUT2D eigenvalue weighted by Gasteiger charge is -2.29. The topological polar surface area (TPSA) is 62.3 Å². The van der Waals surface area contributed by atoms with Gasteiger partial charge in [-0.3, -0.25) is 4.72 Å². The quantitative estimate of drug-likeness (QED) is 0.872. The molecular formula is C12H18ClN3O2S. The molecule has 2 heterocycles. The fourth-order valence-corrected chi connectivity index (χ4v) is 3.57. The summed E-state index contributed by atoms with van der Waals surface area (Å²) in [5, 5.41) is 0.354. The molecule has 0 spiro atoms. The van der Waals surface area contributed by atoms with Crippen LogP contribution in [0.15, 0.2) is 12.1 Å². The molecule has 2 rings (SSSR count). The van der Waals surface area contributed by atoms with E-state index in [1.165, 1.54) is 4.31 Å². The Kier molecular flexibility index (Phi) is 4.32. The second kappa shape index (κ2) is 5.64. The molecule has 1 aliphatic rings. The molecule has 1 saturated heterocycles. The van der Waals surface area contributed by atoms with E-state index in [2.05, 4.69) is 16.6 Å². The predicted molar refractivity (Wildman–Crippen MR) is 76.5 cm³/mol. The van der Waals surface area contributed by atoms with Crippen LogP contribution < -0.4 is 4.72 Å². The third kappa shape index (κ3) is 3.58. The molecule has 5 nitrogen and oxygen atoms in total. The lowest BCUT2D eigenvalue weighted by molar-refractivity contribution is 0.289. The Bertz CT molecular complexity index is 554. The number of hydrogen-bond acceptors (Lipinski definition) is 3. The van der Waals surface area contributed by atoms with Gasteiger partial charge in [-0.1, -0.05) is 18.5 Å². The standard InChI is InChI=1S/C12H18ClN3O2S/c1-9-5-7-16(8-6-9)19(17,18)15-11-3-4-12(13)14-10(11)2/h3-4,9,15H,5-8H2,1-2H3. The van der Waals surface area contributed by atoms with Crippen LogP contribution in [-0.4, -0.2) is 30.8 Å². The van der Waals surface area contributed by atoms with Gasteiger partial charge >= 0.3 is 10.2 Å². The molecule has 0 amide bonds. The van der Waals surface area contributed by atoms with Crippen molar-refractivity contribution in [2.24, 2.45) is 5.92 Å². The fourth-order valence-electron chi connectivity index (χ4n) is 2.07. The minimum absolute atomic E-state index is 0.354. The Morgan fingerprint density at radius 2 is 2.00 bits per heavy atom. The molecule has 7 heteroatoms. The third-order valence-electron chi connectivity index (χ3n) is 3.37. The van der Waals surface area contributed by atoms with Crippen LogP contribution in [0.1, 0.15) is 25.5 Å². The maximum absolute atomic E-state index is 12.3. The summed E-state index contributed by atoms with van der Waals surface area (Å²) in [5.41, 5.74) is 1.05. The molecule has 1 aromatic rings. The number of anilines is 1. The van der Waals surface area contributed by atoms with Crippen molar-refractivity contribution in [3.63, 3.8) is 0 Å². The molecule has 0 aromatic carbocycles. The Hall–Kier alpha value is -0.850. The van der Waals surface area contributed by atoms with E-state index in [0.717, 1.165) is 12.8 Å². The van der Waals surface area contributed by atoms with Crippen LogP contribution in [0.5, 0.6) is 0 Å². The van der Waals surface area contributed by atoms with E-state index in [-0.39, 0.29) is 0 Å². The van der Waals surface area contributed by atoms with Crippen molar-refractivity contribution in [3.8, 4) is 0 Å². The van der Waals surface area contributed by atoms with E-state index in [9.17, 15) is 8.42 Å². The molecule has 0 atom stereocenters. The minimum atomic E-state index is -3.49. The van der Waals surface area contributed by atoms with Crippen molar-refractivity contribution in [1.29, 1.82) is 0 Å². The molecule has 0 saturated carbocycles.